The van der Waals surface area contributed by atoms with E-state index >= 15 is 8.78 Å². The van der Waals surface area contributed by atoms with Crippen molar-refractivity contribution in [1.82, 2.24) is 4.90 Å². The summed E-state index contributed by atoms with van der Waals surface area (Å²) in [6.45, 7) is 10.6. The number of hydrogen-bond acceptors (Lipinski definition) is 2. The highest BCUT2D eigenvalue weighted by atomic mass is 19.1. The fourth-order valence-electron chi connectivity index (χ4n) is 4.29. The molecule has 2 atom stereocenters. The van der Waals surface area contributed by atoms with Crippen LogP contribution in [0.2, 0.25) is 0 Å². The second kappa shape index (κ2) is 11.5. The standard InChI is InChI=1S/C28H34F3NO2/c1-7-8-9-10-18(2)13-22-19(3)14-20(4)32(17-28(5,6)31)27(22)26-23(29)15-21(16-24(26)30)11-12-25(33)34/h7-13,15-16,20,27H,14,17H2,1-6H3,(H,33,34)/b8-7-,10-9-,12-11+,18-13+. The smallest absolute Gasteiger partial charge is 0.328 e. The lowest BCUT2D eigenvalue weighted by Crippen LogP contribution is -2.47. The molecule has 1 aromatic rings. The lowest BCUT2D eigenvalue weighted by atomic mass is 9.83. The molecule has 0 aliphatic carbocycles. The van der Waals surface area contributed by atoms with E-state index in [1.165, 1.54) is 13.8 Å². The maximum absolute atomic E-state index is 15.4. The Balaban J connectivity index is 2.72. The number of aliphatic carboxylic acids is 1. The maximum atomic E-state index is 15.4. The fraction of sp³-hybridized carbons (Fsp3) is 0.393. The average molecular weight is 474 g/mol. The Labute approximate surface area is 200 Å². The summed E-state index contributed by atoms with van der Waals surface area (Å²) >= 11 is 0. The molecule has 0 spiro atoms. The summed E-state index contributed by atoms with van der Waals surface area (Å²) in [4.78, 5) is 12.6. The van der Waals surface area contributed by atoms with Crippen molar-refractivity contribution < 1.29 is 23.1 Å². The normalized spacial score (nSPS) is 20.9. The van der Waals surface area contributed by atoms with E-state index in [2.05, 4.69) is 0 Å². The van der Waals surface area contributed by atoms with E-state index in [1.807, 2.05) is 63.0 Å². The number of carboxylic acid groups (broad SMARTS) is 1. The average Bonchev–Trinajstić information content (AvgIpc) is 2.70. The number of allylic oxidation sites excluding steroid dienone is 5. The van der Waals surface area contributed by atoms with E-state index in [9.17, 15) is 9.18 Å². The first-order chi connectivity index (χ1) is 15.8. The third kappa shape index (κ3) is 7.32. The first-order valence-electron chi connectivity index (χ1n) is 11.4. The Bertz CT molecular complexity index is 1030. The van der Waals surface area contributed by atoms with Crippen LogP contribution < -0.4 is 0 Å². The van der Waals surface area contributed by atoms with Crippen molar-refractivity contribution in [3.8, 4) is 0 Å². The predicted octanol–water partition coefficient (Wildman–Crippen LogP) is 7.34. The Hall–Kier alpha value is -2.86. The van der Waals surface area contributed by atoms with Gasteiger partial charge in [-0.25, -0.2) is 18.0 Å². The van der Waals surface area contributed by atoms with Gasteiger partial charge in [-0.1, -0.05) is 41.5 Å². The number of carbonyl (C=O) groups is 1. The fourth-order valence-corrected chi connectivity index (χ4v) is 4.29. The quantitative estimate of drug-likeness (QED) is 0.317. The summed E-state index contributed by atoms with van der Waals surface area (Å²) in [7, 11) is 0. The second-order valence-corrected chi connectivity index (χ2v) is 9.43. The Kier molecular flexibility index (Phi) is 9.28. The summed E-state index contributed by atoms with van der Waals surface area (Å²) in [6.07, 6.45) is 12.1. The van der Waals surface area contributed by atoms with Crippen molar-refractivity contribution in [1.29, 1.82) is 0 Å². The van der Waals surface area contributed by atoms with Gasteiger partial charge in [0, 0.05) is 24.2 Å². The molecule has 1 aliphatic heterocycles. The highest BCUT2D eigenvalue weighted by molar-refractivity contribution is 5.85. The van der Waals surface area contributed by atoms with Crippen LogP contribution in [0.15, 0.2) is 65.3 Å². The zero-order valence-corrected chi connectivity index (χ0v) is 20.7. The highest BCUT2D eigenvalue weighted by Crippen LogP contribution is 2.43. The monoisotopic (exact) mass is 473 g/mol. The largest absolute Gasteiger partial charge is 0.478 e. The van der Waals surface area contributed by atoms with Crippen molar-refractivity contribution in [3.05, 3.63) is 88.1 Å². The zero-order valence-electron chi connectivity index (χ0n) is 20.7. The summed E-state index contributed by atoms with van der Waals surface area (Å²) in [5.74, 6) is -2.81. The Morgan fingerprint density at radius 1 is 1.21 bits per heavy atom. The molecule has 0 saturated carbocycles. The van der Waals surface area contributed by atoms with Gasteiger partial charge in [0.2, 0.25) is 0 Å². The van der Waals surface area contributed by atoms with Gasteiger partial charge in [0.1, 0.15) is 17.3 Å². The molecule has 0 aromatic heterocycles. The molecule has 1 aromatic carbocycles. The summed E-state index contributed by atoms with van der Waals surface area (Å²) in [5.41, 5.74) is 0.970. The number of rotatable bonds is 8. The molecular weight excluding hydrogens is 439 g/mol. The molecule has 1 aliphatic rings. The number of carboxylic acids is 1. The molecule has 6 heteroatoms. The first-order valence-corrected chi connectivity index (χ1v) is 11.4. The van der Waals surface area contributed by atoms with E-state index < -0.39 is 29.3 Å². The lowest BCUT2D eigenvalue weighted by molar-refractivity contribution is -0.131. The molecule has 1 N–H and O–H groups in total. The van der Waals surface area contributed by atoms with Gasteiger partial charge in [-0.15, -0.1) is 0 Å². The predicted molar refractivity (Wildman–Crippen MR) is 132 cm³/mol. The number of halogens is 3. The topological polar surface area (TPSA) is 40.5 Å². The van der Waals surface area contributed by atoms with Crippen LogP contribution in [0.3, 0.4) is 0 Å². The van der Waals surface area contributed by atoms with E-state index in [0.717, 1.165) is 41.0 Å². The van der Waals surface area contributed by atoms with Crippen molar-refractivity contribution in [2.45, 2.75) is 65.7 Å². The summed E-state index contributed by atoms with van der Waals surface area (Å²) < 4.78 is 45.7. The van der Waals surface area contributed by atoms with Gasteiger partial charge in [0.05, 0.1) is 6.04 Å². The number of hydrogen-bond donors (Lipinski definition) is 1. The third-order valence-corrected chi connectivity index (χ3v) is 5.68. The van der Waals surface area contributed by atoms with Crippen LogP contribution in [-0.2, 0) is 4.79 Å². The minimum atomic E-state index is -1.58. The Morgan fingerprint density at radius 2 is 1.82 bits per heavy atom. The minimum absolute atomic E-state index is 0.00351. The minimum Gasteiger partial charge on any atom is -0.478 e. The highest BCUT2D eigenvalue weighted by Gasteiger charge is 2.39. The van der Waals surface area contributed by atoms with E-state index in [0.29, 0.717) is 6.42 Å². The van der Waals surface area contributed by atoms with Crippen LogP contribution in [0.4, 0.5) is 13.2 Å². The van der Waals surface area contributed by atoms with E-state index in [4.69, 9.17) is 5.11 Å². The van der Waals surface area contributed by atoms with Crippen LogP contribution in [0.1, 0.15) is 65.1 Å². The molecule has 2 rings (SSSR count). The van der Waals surface area contributed by atoms with Gasteiger partial charge in [-0.05, 0) is 77.3 Å². The lowest BCUT2D eigenvalue weighted by Gasteiger charge is -2.44. The molecule has 0 bridgehead atoms. The van der Waals surface area contributed by atoms with Crippen LogP contribution in [0, 0.1) is 11.6 Å². The molecular formula is C28H34F3NO2. The molecule has 184 valence electrons. The molecule has 0 radical (unpaired) electrons. The van der Waals surface area contributed by atoms with Gasteiger partial charge < -0.3 is 5.11 Å². The molecule has 0 fully saturated rings. The SMILES string of the molecule is C\C=C/C=C\C(C)=C\C1=C(C)CC(C)N(CC(C)(C)F)C1c1c(F)cc(/C=C/C(=O)O)cc1F. The van der Waals surface area contributed by atoms with Gasteiger partial charge in [-0.3, -0.25) is 4.90 Å². The molecule has 0 saturated heterocycles. The van der Waals surface area contributed by atoms with Crippen LogP contribution in [0.25, 0.3) is 6.08 Å². The summed E-state index contributed by atoms with van der Waals surface area (Å²) in [6, 6.07) is 1.26. The second-order valence-electron chi connectivity index (χ2n) is 9.43. The van der Waals surface area contributed by atoms with E-state index in [-0.39, 0.29) is 23.7 Å². The molecule has 0 amide bonds. The van der Waals surface area contributed by atoms with Crippen molar-refractivity contribution in [2.24, 2.45) is 0 Å². The van der Waals surface area contributed by atoms with Crippen LogP contribution in [-0.4, -0.2) is 34.2 Å². The first kappa shape index (κ1) is 27.4. The molecule has 3 nitrogen and oxygen atoms in total. The summed E-state index contributed by atoms with van der Waals surface area (Å²) in [5, 5.41) is 8.83. The molecule has 2 unspecified atom stereocenters. The number of alkyl halides is 1. The van der Waals surface area contributed by atoms with Crippen molar-refractivity contribution in [3.63, 3.8) is 0 Å². The van der Waals surface area contributed by atoms with E-state index in [1.54, 1.807) is 0 Å². The van der Waals surface area contributed by atoms with Gasteiger partial charge in [0.25, 0.3) is 0 Å². The number of nitrogens with zero attached hydrogens (tertiary/aromatic N) is 1. The maximum Gasteiger partial charge on any atom is 0.328 e. The van der Waals surface area contributed by atoms with Gasteiger partial charge >= 0.3 is 5.97 Å². The van der Waals surface area contributed by atoms with Crippen LogP contribution in [0.5, 0.6) is 0 Å². The number of benzene rings is 1. The zero-order chi connectivity index (χ0) is 25.6. The van der Waals surface area contributed by atoms with Crippen LogP contribution >= 0.6 is 0 Å². The molecule has 1 heterocycles. The Morgan fingerprint density at radius 3 is 2.35 bits per heavy atom. The third-order valence-electron chi connectivity index (χ3n) is 5.68. The van der Waals surface area contributed by atoms with Crippen molar-refractivity contribution >= 4 is 12.0 Å². The molecule has 34 heavy (non-hydrogen) atoms. The van der Waals surface area contributed by atoms with Gasteiger partial charge in [0.15, 0.2) is 0 Å². The van der Waals surface area contributed by atoms with Gasteiger partial charge in [-0.2, -0.15) is 0 Å². The van der Waals surface area contributed by atoms with Crippen molar-refractivity contribution in [2.75, 3.05) is 6.54 Å².